The number of esters is 1. The van der Waals surface area contributed by atoms with E-state index in [1.54, 1.807) is 13.8 Å². The van der Waals surface area contributed by atoms with Gasteiger partial charge in [-0.2, -0.15) is 0 Å². The van der Waals surface area contributed by atoms with Crippen LogP contribution in [0.3, 0.4) is 0 Å². The second kappa shape index (κ2) is 6.92. The molecule has 104 valence electrons. The van der Waals surface area contributed by atoms with Gasteiger partial charge >= 0.3 is 5.97 Å². The quantitative estimate of drug-likeness (QED) is 0.831. The first-order valence-corrected chi connectivity index (χ1v) is 6.46. The van der Waals surface area contributed by atoms with E-state index in [0.29, 0.717) is 0 Å². The van der Waals surface area contributed by atoms with Crippen LogP contribution in [0.5, 0.6) is 0 Å². The molecule has 0 unspecified atom stereocenters. The van der Waals surface area contributed by atoms with Gasteiger partial charge in [-0.1, -0.05) is 39.8 Å². The summed E-state index contributed by atoms with van der Waals surface area (Å²) in [6.07, 6.45) is 0. The van der Waals surface area contributed by atoms with E-state index in [-0.39, 0.29) is 30.3 Å². The van der Waals surface area contributed by atoms with Crippen LogP contribution in [0.25, 0.3) is 0 Å². The second-order valence-electron chi connectivity index (χ2n) is 5.11. The van der Waals surface area contributed by atoms with E-state index in [4.69, 9.17) is 4.74 Å². The van der Waals surface area contributed by atoms with Crippen LogP contribution in [0.2, 0.25) is 0 Å². The third-order valence-electron chi connectivity index (χ3n) is 2.57. The van der Waals surface area contributed by atoms with E-state index >= 15 is 0 Å². The van der Waals surface area contributed by atoms with Gasteiger partial charge in [0, 0.05) is 11.6 Å². The van der Waals surface area contributed by atoms with Gasteiger partial charge in [0.15, 0.2) is 0 Å². The van der Waals surface area contributed by atoms with Crippen LogP contribution in [-0.4, -0.2) is 11.9 Å². The van der Waals surface area contributed by atoms with Gasteiger partial charge in [-0.3, -0.25) is 9.59 Å². The summed E-state index contributed by atoms with van der Waals surface area (Å²) in [5.74, 6) is -0.459. The van der Waals surface area contributed by atoms with Crippen molar-refractivity contribution in [3.05, 3.63) is 29.8 Å². The number of amides is 1. The molecule has 0 saturated carbocycles. The van der Waals surface area contributed by atoms with E-state index in [2.05, 4.69) is 5.32 Å². The molecule has 1 aromatic rings. The molecule has 0 aliphatic heterocycles. The summed E-state index contributed by atoms with van der Waals surface area (Å²) in [5, 5.41) is 2.81. The standard InChI is InChI=1S/C15H21NO3/c1-10(2)14(17)16-13-7-5-6-12(8-13)9-19-15(18)11(3)4/h5-8,10-11H,9H2,1-4H3,(H,16,17). The van der Waals surface area contributed by atoms with Gasteiger partial charge in [-0.15, -0.1) is 0 Å². The Balaban J connectivity index is 2.62. The molecular weight excluding hydrogens is 242 g/mol. The van der Waals surface area contributed by atoms with E-state index in [1.807, 2.05) is 38.1 Å². The molecule has 1 amide bonds. The number of hydrogen-bond donors (Lipinski definition) is 1. The second-order valence-corrected chi connectivity index (χ2v) is 5.11. The van der Waals surface area contributed by atoms with Crippen LogP contribution in [0, 0.1) is 11.8 Å². The number of rotatable bonds is 5. The number of hydrogen-bond acceptors (Lipinski definition) is 3. The Kier molecular flexibility index (Phi) is 5.55. The van der Waals surface area contributed by atoms with Crippen molar-refractivity contribution in [2.75, 3.05) is 5.32 Å². The normalized spacial score (nSPS) is 10.6. The molecule has 4 heteroatoms. The molecule has 0 radical (unpaired) electrons. The van der Waals surface area contributed by atoms with E-state index in [0.717, 1.165) is 11.3 Å². The maximum Gasteiger partial charge on any atom is 0.308 e. The summed E-state index contributed by atoms with van der Waals surface area (Å²) in [6.45, 7) is 7.48. The van der Waals surface area contributed by atoms with Crippen LogP contribution in [0.4, 0.5) is 5.69 Å². The molecule has 1 N–H and O–H groups in total. The zero-order valence-corrected chi connectivity index (χ0v) is 11.9. The van der Waals surface area contributed by atoms with Crippen LogP contribution < -0.4 is 5.32 Å². The van der Waals surface area contributed by atoms with Crippen molar-refractivity contribution in [2.24, 2.45) is 11.8 Å². The molecule has 0 fully saturated rings. The van der Waals surface area contributed by atoms with Crippen molar-refractivity contribution in [3.8, 4) is 0 Å². The molecule has 0 aliphatic carbocycles. The van der Waals surface area contributed by atoms with Crippen LogP contribution in [0.1, 0.15) is 33.3 Å². The monoisotopic (exact) mass is 263 g/mol. The number of carbonyl (C=O) groups excluding carboxylic acids is 2. The van der Waals surface area contributed by atoms with E-state index in [9.17, 15) is 9.59 Å². The Bertz CT molecular complexity index is 452. The van der Waals surface area contributed by atoms with Crippen molar-refractivity contribution >= 4 is 17.6 Å². The Morgan fingerprint density at radius 2 is 1.84 bits per heavy atom. The molecule has 0 saturated heterocycles. The molecular formula is C15H21NO3. The van der Waals surface area contributed by atoms with Crippen molar-refractivity contribution < 1.29 is 14.3 Å². The lowest BCUT2D eigenvalue weighted by Gasteiger charge is -2.10. The summed E-state index contributed by atoms with van der Waals surface area (Å²) in [6, 6.07) is 7.31. The Labute approximate surface area is 114 Å². The number of anilines is 1. The maximum absolute atomic E-state index is 11.6. The lowest BCUT2D eigenvalue weighted by Crippen LogP contribution is -2.17. The highest BCUT2D eigenvalue weighted by Crippen LogP contribution is 2.13. The van der Waals surface area contributed by atoms with Gasteiger partial charge in [0.1, 0.15) is 6.61 Å². The molecule has 0 heterocycles. The lowest BCUT2D eigenvalue weighted by atomic mass is 10.1. The fourth-order valence-electron chi connectivity index (χ4n) is 1.35. The van der Waals surface area contributed by atoms with Crippen LogP contribution in [-0.2, 0) is 20.9 Å². The number of carbonyl (C=O) groups is 2. The minimum atomic E-state index is -0.225. The SMILES string of the molecule is CC(C)C(=O)Nc1cccc(COC(=O)C(C)C)c1. The summed E-state index contributed by atoms with van der Waals surface area (Å²) in [7, 11) is 0. The van der Waals surface area contributed by atoms with Gasteiger partial charge in [-0.05, 0) is 17.7 Å². The first-order chi connectivity index (χ1) is 8.90. The van der Waals surface area contributed by atoms with Crippen molar-refractivity contribution in [1.82, 2.24) is 0 Å². The fourth-order valence-corrected chi connectivity index (χ4v) is 1.35. The highest BCUT2D eigenvalue weighted by Gasteiger charge is 2.09. The minimum Gasteiger partial charge on any atom is -0.461 e. The molecule has 1 aromatic carbocycles. The van der Waals surface area contributed by atoms with Gasteiger partial charge in [0.25, 0.3) is 0 Å². The van der Waals surface area contributed by atoms with Crippen LogP contribution >= 0.6 is 0 Å². The highest BCUT2D eigenvalue weighted by molar-refractivity contribution is 5.92. The molecule has 1 rings (SSSR count). The van der Waals surface area contributed by atoms with Crippen molar-refractivity contribution in [2.45, 2.75) is 34.3 Å². The zero-order chi connectivity index (χ0) is 14.4. The number of nitrogens with one attached hydrogen (secondary N) is 1. The van der Waals surface area contributed by atoms with E-state index < -0.39 is 0 Å². The van der Waals surface area contributed by atoms with Gasteiger partial charge in [0.2, 0.25) is 5.91 Å². The van der Waals surface area contributed by atoms with Crippen LogP contribution in [0.15, 0.2) is 24.3 Å². The lowest BCUT2D eigenvalue weighted by molar-refractivity contribution is -0.148. The predicted octanol–water partition coefficient (Wildman–Crippen LogP) is 2.98. The molecule has 0 aliphatic rings. The first kappa shape index (κ1) is 15.2. The number of ether oxygens (including phenoxy) is 1. The molecule has 0 spiro atoms. The van der Waals surface area contributed by atoms with Gasteiger partial charge in [0.05, 0.1) is 5.92 Å². The Morgan fingerprint density at radius 3 is 2.42 bits per heavy atom. The van der Waals surface area contributed by atoms with Gasteiger partial charge in [-0.25, -0.2) is 0 Å². The molecule has 4 nitrogen and oxygen atoms in total. The smallest absolute Gasteiger partial charge is 0.308 e. The Hall–Kier alpha value is -1.84. The predicted molar refractivity (Wildman–Crippen MR) is 74.5 cm³/mol. The van der Waals surface area contributed by atoms with Crippen molar-refractivity contribution in [1.29, 1.82) is 0 Å². The molecule has 0 atom stereocenters. The zero-order valence-electron chi connectivity index (χ0n) is 11.9. The maximum atomic E-state index is 11.6. The third-order valence-corrected chi connectivity index (χ3v) is 2.57. The number of benzene rings is 1. The highest BCUT2D eigenvalue weighted by atomic mass is 16.5. The fraction of sp³-hybridized carbons (Fsp3) is 0.467. The molecule has 0 bridgehead atoms. The summed E-state index contributed by atoms with van der Waals surface area (Å²) in [5.41, 5.74) is 1.58. The summed E-state index contributed by atoms with van der Waals surface area (Å²) in [4.78, 5) is 23.0. The molecule has 19 heavy (non-hydrogen) atoms. The summed E-state index contributed by atoms with van der Waals surface area (Å²) < 4.78 is 5.15. The third kappa shape index (κ3) is 5.12. The Morgan fingerprint density at radius 1 is 1.16 bits per heavy atom. The minimum absolute atomic E-state index is 0.0312. The largest absolute Gasteiger partial charge is 0.461 e. The average Bonchev–Trinajstić information content (AvgIpc) is 2.36. The molecule has 0 aromatic heterocycles. The average molecular weight is 263 g/mol. The van der Waals surface area contributed by atoms with Gasteiger partial charge < -0.3 is 10.1 Å². The first-order valence-electron chi connectivity index (χ1n) is 6.46. The van der Waals surface area contributed by atoms with E-state index in [1.165, 1.54) is 0 Å². The van der Waals surface area contributed by atoms with Crippen molar-refractivity contribution in [3.63, 3.8) is 0 Å². The summed E-state index contributed by atoms with van der Waals surface area (Å²) >= 11 is 0. The topological polar surface area (TPSA) is 55.4 Å².